The van der Waals surface area contributed by atoms with Gasteiger partial charge in [0.25, 0.3) is 0 Å². The fraction of sp³-hybridized carbons (Fsp3) is 0.533. The number of halogens is 2. The number of anilines is 1. The lowest BCUT2D eigenvalue weighted by Gasteiger charge is -2.36. The zero-order chi connectivity index (χ0) is 14.6. The summed E-state index contributed by atoms with van der Waals surface area (Å²) in [7, 11) is 0. The fourth-order valence-electron chi connectivity index (χ4n) is 2.81. The summed E-state index contributed by atoms with van der Waals surface area (Å²) in [5.74, 6) is 0.131. The Balaban J connectivity index is 2.15. The number of carbonyl (C=O) groups is 1. The molecule has 2 N–H and O–H groups in total. The van der Waals surface area contributed by atoms with Crippen LogP contribution in [0.25, 0.3) is 0 Å². The van der Waals surface area contributed by atoms with Gasteiger partial charge in [0.1, 0.15) is 0 Å². The number of hydrogen-bond donors (Lipinski definition) is 2. The van der Waals surface area contributed by atoms with E-state index < -0.39 is 0 Å². The van der Waals surface area contributed by atoms with Gasteiger partial charge in [0.2, 0.25) is 5.91 Å². The van der Waals surface area contributed by atoms with Crippen LogP contribution in [0.5, 0.6) is 0 Å². The lowest BCUT2D eigenvalue weighted by atomic mass is 9.76. The van der Waals surface area contributed by atoms with E-state index in [1.165, 1.54) is 0 Å². The molecule has 1 aliphatic rings. The minimum absolute atomic E-state index is 0.131. The SMILES string of the molecule is CCCC1(C(=O)Nc2ccc(Cl)cc2I)CCCNC1. The van der Waals surface area contributed by atoms with Crippen LogP contribution in [0.3, 0.4) is 0 Å². The zero-order valence-electron chi connectivity index (χ0n) is 11.6. The molecule has 110 valence electrons. The van der Waals surface area contributed by atoms with Crippen LogP contribution in [0.4, 0.5) is 5.69 Å². The van der Waals surface area contributed by atoms with E-state index in [2.05, 4.69) is 40.1 Å². The standard InChI is InChI=1S/C15H20ClIN2O/c1-2-6-15(7-3-8-18-10-15)14(20)19-13-5-4-11(16)9-12(13)17/h4-5,9,18H,2-3,6-8,10H2,1H3,(H,19,20). The maximum atomic E-state index is 12.7. The number of amides is 1. The summed E-state index contributed by atoms with van der Waals surface area (Å²) in [6.45, 7) is 3.92. The molecule has 20 heavy (non-hydrogen) atoms. The molecule has 1 aromatic carbocycles. The minimum atomic E-state index is -0.268. The van der Waals surface area contributed by atoms with Crippen LogP contribution in [0.2, 0.25) is 5.02 Å². The van der Waals surface area contributed by atoms with Crippen molar-refractivity contribution in [1.82, 2.24) is 5.32 Å². The molecule has 1 unspecified atom stereocenters. The summed E-state index contributed by atoms with van der Waals surface area (Å²) in [6, 6.07) is 5.55. The van der Waals surface area contributed by atoms with Crippen LogP contribution in [-0.4, -0.2) is 19.0 Å². The molecular formula is C15H20ClIN2O. The van der Waals surface area contributed by atoms with E-state index in [9.17, 15) is 4.79 Å². The molecule has 1 heterocycles. The van der Waals surface area contributed by atoms with Crippen LogP contribution >= 0.6 is 34.2 Å². The molecule has 1 amide bonds. The predicted molar refractivity (Wildman–Crippen MR) is 92.2 cm³/mol. The summed E-state index contributed by atoms with van der Waals surface area (Å²) in [5, 5.41) is 7.14. The van der Waals surface area contributed by atoms with Gasteiger partial charge < -0.3 is 10.6 Å². The lowest BCUT2D eigenvalue weighted by Crippen LogP contribution is -2.48. The maximum absolute atomic E-state index is 12.7. The average molecular weight is 407 g/mol. The average Bonchev–Trinajstić information content (AvgIpc) is 2.43. The maximum Gasteiger partial charge on any atom is 0.231 e. The third-order valence-corrected chi connectivity index (χ3v) is 4.99. The highest BCUT2D eigenvalue weighted by molar-refractivity contribution is 14.1. The monoisotopic (exact) mass is 406 g/mol. The third kappa shape index (κ3) is 3.65. The number of benzene rings is 1. The Bertz CT molecular complexity index is 481. The molecule has 0 bridgehead atoms. The van der Waals surface area contributed by atoms with E-state index in [1.54, 1.807) is 0 Å². The van der Waals surface area contributed by atoms with E-state index in [4.69, 9.17) is 11.6 Å². The Morgan fingerprint density at radius 2 is 2.35 bits per heavy atom. The Kier molecular flexibility index (Phi) is 5.69. The molecule has 0 aromatic heterocycles. The number of hydrogen-bond acceptors (Lipinski definition) is 2. The van der Waals surface area contributed by atoms with Gasteiger partial charge >= 0.3 is 0 Å². The highest BCUT2D eigenvalue weighted by Crippen LogP contribution is 2.34. The highest BCUT2D eigenvalue weighted by Gasteiger charge is 2.38. The first-order valence-electron chi connectivity index (χ1n) is 7.04. The summed E-state index contributed by atoms with van der Waals surface area (Å²) in [5.41, 5.74) is 0.580. The molecule has 1 fully saturated rings. The molecule has 1 saturated heterocycles. The predicted octanol–water partition coefficient (Wildman–Crippen LogP) is 4.05. The van der Waals surface area contributed by atoms with Crippen molar-refractivity contribution in [2.75, 3.05) is 18.4 Å². The van der Waals surface area contributed by atoms with E-state index in [0.717, 1.165) is 48.0 Å². The van der Waals surface area contributed by atoms with Gasteiger partial charge in [-0.05, 0) is 66.6 Å². The first kappa shape index (κ1) is 16.0. The first-order chi connectivity index (χ1) is 9.57. The molecule has 5 heteroatoms. The molecule has 2 rings (SSSR count). The number of piperidine rings is 1. The Morgan fingerprint density at radius 3 is 2.95 bits per heavy atom. The quantitative estimate of drug-likeness (QED) is 0.741. The van der Waals surface area contributed by atoms with Crippen LogP contribution in [-0.2, 0) is 4.79 Å². The van der Waals surface area contributed by atoms with Gasteiger partial charge in [-0.1, -0.05) is 24.9 Å². The van der Waals surface area contributed by atoms with E-state index in [0.29, 0.717) is 5.02 Å². The molecule has 0 saturated carbocycles. The number of nitrogens with one attached hydrogen (secondary N) is 2. The van der Waals surface area contributed by atoms with Gasteiger partial charge in [-0.25, -0.2) is 0 Å². The van der Waals surface area contributed by atoms with Gasteiger partial charge in [0, 0.05) is 15.1 Å². The summed E-state index contributed by atoms with van der Waals surface area (Å²) in [6.07, 6.45) is 3.97. The van der Waals surface area contributed by atoms with Gasteiger partial charge in [0.05, 0.1) is 11.1 Å². The van der Waals surface area contributed by atoms with Gasteiger partial charge in [-0.15, -0.1) is 0 Å². The van der Waals surface area contributed by atoms with Gasteiger partial charge in [0.15, 0.2) is 0 Å². The van der Waals surface area contributed by atoms with Gasteiger partial charge in [-0.2, -0.15) is 0 Å². The molecule has 0 radical (unpaired) electrons. The second-order valence-corrected chi connectivity index (χ2v) is 6.99. The topological polar surface area (TPSA) is 41.1 Å². The summed E-state index contributed by atoms with van der Waals surface area (Å²) < 4.78 is 0.971. The minimum Gasteiger partial charge on any atom is -0.325 e. The lowest BCUT2D eigenvalue weighted by molar-refractivity contribution is -0.127. The normalized spacial score (nSPS) is 22.6. The van der Waals surface area contributed by atoms with E-state index >= 15 is 0 Å². The fourth-order valence-corrected chi connectivity index (χ4v) is 3.82. The third-order valence-electron chi connectivity index (χ3n) is 3.86. The second-order valence-electron chi connectivity index (χ2n) is 5.39. The van der Waals surface area contributed by atoms with Crippen LogP contribution < -0.4 is 10.6 Å². The van der Waals surface area contributed by atoms with Crippen molar-refractivity contribution in [3.05, 3.63) is 26.8 Å². The zero-order valence-corrected chi connectivity index (χ0v) is 14.6. The molecule has 1 atom stereocenters. The van der Waals surface area contributed by atoms with Crippen LogP contribution in [0.1, 0.15) is 32.6 Å². The van der Waals surface area contributed by atoms with Gasteiger partial charge in [-0.3, -0.25) is 4.79 Å². The van der Waals surface area contributed by atoms with Crippen LogP contribution in [0.15, 0.2) is 18.2 Å². The summed E-state index contributed by atoms with van der Waals surface area (Å²) >= 11 is 8.15. The number of rotatable bonds is 4. The van der Waals surface area contributed by atoms with Crippen molar-refractivity contribution in [3.63, 3.8) is 0 Å². The Morgan fingerprint density at radius 1 is 1.55 bits per heavy atom. The van der Waals surface area contributed by atoms with Crippen molar-refractivity contribution >= 4 is 45.8 Å². The molecule has 3 nitrogen and oxygen atoms in total. The number of carbonyl (C=O) groups excluding carboxylic acids is 1. The molecule has 0 aliphatic carbocycles. The largest absolute Gasteiger partial charge is 0.325 e. The Labute approximate surface area is 139 Å². The molecule has 1 aromatic rings. The first-order valence-corrected chi connectivity index (χ1v) is 8.50. The second kappa shape index (κ2) is 7.09. The van der Waals surface area contributed by atoms with Crippen LogP contribution in [0, 0.1) is 8.99 Å². The highest BCUT2D eigenvalue weighted by atomic mass is 127. The smallest absolute Gasteiger partial charge is 0.231 e. The summed E-state index contributed by atoms with van der Waals surface area (Å²) in [4.78, 5) is 12.7. The van der Waals surface area contributed by atoms with E-state index in [1.807, 2.05) is 18.2 Å². The van der Waals surface area contributed by atoms with E-state index in [-0.39, 0.29) is 11.3 Å². The van der Waals surface area contributed by atoms with Crippen molar-refractivity contribution in [2.24, 2.45) is 5.41 Å². The van der Waals surface area contributed by atoms with Crippen molar-refractivity contribution < 1.29 is 4.79 Å². The molecule has 0 spiro atoms. The van der Waals surface area contributed by atoms with Crippen molar-refractivity contribution in [2.45, 2.75) is 32.6 Å². The Hall–Kier alpha value is -0.330. The molecule has 1 aliphatic heterocycles. The van der Waals surface area contributed by atoms with Crippen molar-refractivity contribution in [1.29, 1.82) is 0 Å². The molecular weight excluding hydrogens is 387 g/mol. The van der Waals surface area contributed by atoms with Crippen molar-refractivity contribution in [3.8, 4) is 0 Å².